The van der Waals surface area contributed by atoms with Crippen molar-refractivity contribution in [1.29, 1.82) is 0 Å². The van der Waals surface area contributed by atoms with Crippen molar-refractivity contribution in [3.63, 3.8) is 0 Å². The van der Waals surface area contributed by atoms with E-state index in [1.165, 1.54) is 19.0 Å². The SMILES string of the molecule is Cn1ncc(N)c1C(=O)N1CCN(C2CC2)CC1. The standard InChI is InChI=1S/C12H19N5O/c1-15-11(10(13)8-14-15)12(18)17-6-4-16(5-7-17)9-2-3-9/h8-9H,2-7,13H2,1H3. The molecule has 0 unspecified atom stereocenters. The number of anilines is 1. The molecule has 1 saturated heterocycles. The van der Waals surface area contributed by atoms with Gasteiger partial charge in [0, 0.05) is 39.3 Å². The maximum Gasteiger partial charge on any atom is 0.274 e. The summed E-state index contributed by atoms with van der Waals surface area (Å²) in [7, 11) is 1.75. The van der Waals surface area contributed by atoms with Crippen molar-refractivity contribution in [2.45, 2.75) is 18.9 Å². The molecule has 3 rings (SSSR count). The summed E-state index contributed by atoms with van der Waals surface area (Å²) in [5, 5.41) is 4.02. The molecule has 0 bridgehead atoms. The van der Waals surface area contributed by atoms with Crippen molar-refractivity contribution in [2.75, 3.05) is 31.9 Å². The molecule has 1 aromatic rings. The van der Waals surface area contributed by atoms with Gasteiger partial charge in [0.2, 0.25) is 0 Å². The van der Waals surface area contributed by atoms with Crippen LogP contribution in [0.15, 0.2) is 6.20 Å². The van der Waals surface area contributed by atoms with Gasteiger partial charge in [-0.15, -0.1) is 0 Å². The van der Waals surface area contributed by atoms with E-state index in [-0.39, 0.29) is 5.91 Å². The molecule has 0 aromatic carbocycles. The minimum Gasteiger partial charge on any atom is -0.396 e. The average Bonchev–Trinajstić information content (AvgIpc) is 3.16. The van der Waals surface area contributed by atoms with E-state index in [0.717, 1.165) is 32.2 Å². The summed E-state index contributed by atoms with van der Waals surface area (Å²) in [5.41, 5.74) is 6.77. The van der Waals surface area contributed by atoms with Crippen LogP contribution in [0.2, 0.25) is 0 Å². The van der Waals surface area contributed by atoms with Crippen LogP contribution in [-0.2, 0) is 7.05 Å². The van der Waals surface area contributed by atoms with E-state index < -0.39 is 0 Å². The van der Waals surface area contributed by atoms with Crippen molar-refractivity contribution < 1.29 is 4.79 Å². The average molecular weight is 249 g/mol. The van der Waals surface area contributed by atoms with Crippen LogP contribution in [0.25, 0.3) is 0 Å². The third-order valence-electron chi connectivity index (χ3n) is 3.83. The largest absolute Gasteiger partial charge is 0.396 e. The first-order valence-electron chi connectivity index (χ1n) is 6.47. The number of aromatic nitrogens is 2. The summed E-state index contributed by atoms with van der Waals surface area (Å²) in [6.45, 7) is 3.54. The first-order valence-corrected chi connectivity index (χ1v) is 6.47. The summed E-state index contributed by atoms with van der Waals surface area (Å²) in [6, 6.07) is 0.782. The van der Waals surface area contributed by atoms with E-state index in [4.69, 9.17) is 5.73 Å². The number of nitrogens with two attached hydrogens (primary N) is 1. The number of hydrogen-bond donors (Lipinski definition) is 1. The third-order valence-corrected chi connectivity index (χ3v) is 3.83. The second-order valence-electron chi connectivity index (χ2n) is 5.13. The molecule has 2 aliphatic rings. The van der Waals surface area contributed by atoms with Crippen LogP contribution in [0.5, 0.6) is 0 Å². The zero-order valence-electron chi connectivity index (χ0n) is 10.7. The van der Waals surface area contributed by atoms with Crippen LogP contribution in [0.1, 0.15) is 23.3 Å². The van der Waals surface area contributed by atoms with Gasteiger partial charge in [0.1, 0.15) is 5.69 Å². The number of piperazine rings is 1. The van der Waals surface area contributed by atoms with Gasteiger partial charge in [-0.2, -0.15) is 5.10 Å². The summed E-state index contributed by atoms with van der Waals surface area (Å²) < 4.78 is 1.56. The topological polar surface area (TPSA) is 67.4 Å². The minimum absolute atomic E-state index is 0.00273. The Morgan fingerprint density at radius 1 is 1.33 bits per heavy atom. The Morgan fingerprint density at radius 2 is 2.00 bits per heavy atom. The number of carbonyl (C=O) groups is 1. The molecule has 0 atom stereocenters. The highest BCUT2D eigenvalue weighted by Crippen LogP contribution is 2.27. The smallest absolute Gasteiger partial charge is 0.274 e. The van der Waals surface area contributed by atoms with Gasteiger partial charge < -0.3 is 10.6 Å². The Bertz CT molecular complexity index is 438. The fourth-order valence-corrected chi connectivity index (χ4v) is 2.60. The Hall–Kier alpha value is -1.56. The number of nitrogens with zero attached hydrogens (tertiary/aromatic N) is 4. The van der Waals surface area contributed by atoms with E-state index in [1.54, 1.807) is 11.7 Å². The Balaban J connectivity index is 1.67. The zero-order chi connectivity index (χ0) is 12.7. The predicted octanol–water partition coefficient (Wildman–Crippen LogP) is -0.0775. The summed E-state index contributed by atoms with van der Waals surface area (Å²) in [6.07, 6.45) is 4.18. The van der Waals surface area contributed by atoms with Gasteiger partial charge in [0.05, 0.1) is 11.9 Å². The lowest BCUT2D eigenvalue weighted by molar-refractivity contribution is 0.0617. The molecule has 6 nitrogen and oxygen atoms in total. The second-order valence-corrected chi connectivity index (χ2v) is 5.13. The van der Waals surface area contributed by atoms with Crippen LogP contribution in [-0.4, -0.2) is 57.7 Å². The lowest BCUT2D eigenvalue weighted by Crippen LogP contribution is -2.49. The number of amides is 1. The summed E-state index contributed by atoms with van der Waals surface area (Å²) >= 11 is 0. The van der Waals surface area contributed by atoms with Crippen molar-refractivity contribution in [1.82, 2.24) is 19.6 Å². The highest BCUT2D eigenvalue weighted by Gasteiger charge is 2.33. The number of nitrogen functional groups attached to an aromatic ring is 1. The summed E-state index contributed by atoms with van der Waals surface area (Å²) in [5.74, 6) is 0.00273. The van der Waals surface area contributed by atoms with Gasteiger partial charge in [-0.1, -0.05) is 0 Å². The monoisotopic (exact) mass is 249 g/mol. The van der Waals surface area contributed by atoms with Crippen LogP contribution in [0.4, 0.5) is 5.69 Å². The molecular weight excluding hydrogens is 230 g/mol. The third kappa shape index (κ3) is 1.96. The van der Waals surface area contributed by atoms with Gasteiger partial charge >= 0.3 is 0 Å². The zero-order valence-corrected chi connectivity index (χ0v) is 10.7. The molecule has 1 aromatic heterocycles. The van der Waals surface area contributed by atoms with Crippen molar-refractivity contribution in [2.24, 2.45) is 7.05 Å². The molecule has 98 valence electrons. The Morgan fingerprint density at radius 3 is 2.50 bits per heavy atom. The quantitative estimate of drug-likeness (QED) is 0.796. The van der Waals surface area contributed by atoms with Crippen LogP contribution < -0.4 is 5.73 Å². The molecule has 1 saturated carbocycles. The van der Waals surface area contributed by atoms with E-state index in [1.807, 2.05) is 4.90 Å². The van der Waals surface area contributed by atoms with Gasteiger partial charge in [-0.05, 0) is 12.8 Å². The minimum atomic E-state index is 0.00273. The highest BCUT2D eigenvalue weighted by atomic mass is 16.2. The molecule has 2 heterocycles. The number of aryl methyl sites for hydroxylation is 1. The Labute approximate surface area is 106 Å². The summed E-state index contributed by atoms with van der Waals surface area (Å²) in [4.78, 5) is 16.7. The van der Waals surface area contributed by atoms with Crippen molar-refractivity contribution >= 4 is 11.6 Å². The molecule has 1 aliphatic carbocycles. The molecule has 1 aliphatic heterocycles. The first-order chi connectivity index (χ1) is 8.66. The van der Waals surface area contributed by atoms with E-state index in [0.29, 0.717) is 11.4 Å². The van der Waals surface area contributed by atoms with Crippen LogP contribution >= 0.6 is 0 Å². The maximum absolute atomic E-state index is 12.4. The van der Waals surface area contributed by atoms with Crippen molar-refractivity contribution in [3.8, 4) is 0 Å². The molecule has 2 N–H and O–H groups in total. The van der Waals surface area contributed by atoms with Crippen LogP contribution in [0.3, 0.4) is 0 Å². The number of carbonyl (C=O) groups excluding carboxylic acids is 1. The first kappa shape index (κ1) is 11.5. The van der Waals surface area contributed by atoms with E-state index in [2.05, 4.69) is 10.00 Å². The van der Waals surface area contributed by atoms with Gasteiger partial charge in [0.25, 0.3) is 5.91 Å². The van der Waals surface area contributed by atoms with Crippen molar-refractivity contribution in [3.05, 3.63) is 11.9 Å². The second kappa shape index (κ2) is 4.28. The highest BCUT2D eigenvalue weighted by molar-refractivity contribution is 5.97. The number of rotatable bonds is 2. The molecule has 0 spiro atoms. The Kier molecular flexibility index (Phi) is 2.74. The normalized spacial score (nSPS) is 21.3. The lowest BCUT2D eigenvalue weighted by atomic mass is 10.2. The van der Waals surface area contributed by atoms with E-state index in [9.17, 15) is 4.79 Å². The fourth-order valence-electron chi connectivity index (χ4n) is 2.60. The number of hydrogen-bond acceptors (Lipinski definition) is 4. The fraction of sp³-hybridized carbons (Fsp3) is 0.667. The maximum atomic E-state index is 12.4. The van der Waals surface area contributed by atoms with Gasteiger partial charge in [0.15, 0.2) is 0 Å². The molecule has 6 heteroatoms. The van der Waals surface area contributed by atoms with Crippen LogP contribution in [0, 0.1) is 0 Å². The molecule has 0 radical (unpaired) electrons. The molecule has 2 fully saturated rings. The van der Waals surface area contributed by atoms with Gasteiger partial charge in [-0.3, -0.25) is 14.4 Å². The predicted molar refractivity (Wildman–Crippen MR) is 68.1 cm³/mol. The lowest BCUT2D eigenvalue weighted by Gasteiger charge is -2.34. The van der Waals surface area contributed by atoms with Gasteiger partial charge in [-0.25, -0.2) is 0 Å². The molecule has 18 heavy (non-hydrogen) atoms. The molecule has 1 amide bonds. The molecular formula is C12H19N5O. The van der Waals surface area contributed by atoms with E-state index >= 15 is 0 Å².